The second kappa shape index (κ2) is 41.9. The number of carbonyl (C=O) groups excluding carboxylic acids is 2. The van der Waals surface area contributed by atoms with Crippen LogP contribution in [0.25, 0.3) is 0 Å². The minimum atomic E-state index is -4.39. The minimum Gasteiger partial charge on any atom is -0.462 e. The number of phosphoric ester groups is 1. The third kappa shape index (κ3) is 41.7. The van der Waals surface area contributed by atoms with Gasteiger partial charge in [-0.15, -0.1) is 0 Å². The lowest BCUT2D eigenvalue weighted by molar-refractivity contribution is -0.161. The van der Waals surface area contributed by atoms with Gasteiger partial charge in [0.2, 0.25) is 0 Å². The van der Waals surface area contributed by atoms with E-state index in [4.69, 9.17) is 24.3 Å². The first-order chi connectivity index (χ1) is 26.8. The van der Waals surface area contributed by atoms with Gasteiger partial charge in [0, 0.05) is 19.4 Å². The van der Waals surface area contributed by atoms with E-state index in [9.17, 15) is 19.0 Å². The Bertz CT molecular complexity index is 1000. The fourth-order valence-electron chi connectivity index (χ4n) is 6.14. The highest BCUT2D eigenvalue weighted by Gasteiger charge is 2.26. The van der Waals surface area contributed by atoms with Gasteiger partial charge in [-0.2, -0.15) is 0 Å². The predicted octanol–water partition coefficient (Wildman–Crippen LogP) is 12.9. The third-order valence-electron chi connectivity index (χ3n) is 9.50. The Balaban J connectivity index is 4.19. The van der Waals surface area contributed by atoms with Gasteiger partial charge in [0.05, 0.1) is 13.2 Å². The van der Waals surface area contributed by atoms with Crippen LogP contribution in [-0.2, 0) is 32.7 Å². The summed E-state index contributed by atoms with van der Waals surface area (Å²) in [5, 5.41) is 0. The summed E-state index contributed by atoms with van der Waals surface area (Å²) < 4.78 is 32.7. The molecule has 0 heterocycles. The number of rotatable bonds is 42. The maximum Gasteiger partial charge on any atom is 0.472 e. The summed E-state index contributed by atoms with van der Waals surface area (Å²) in [6.45, 7) is 3.69. The molecule has 55 heavy (non-hydrogen) atoms. The smallest absolute Gasteiger partial charge is 0.462 e. The highest BCUT2D eigenvalue weighted by molar-refractivity contribution is 7.47. The Morgan fingerprint density at radius 3 is 1.45 bits per heavy atom. The number of nitrogens with two attached hydrogens (primary N) is 1. The molecule has 9 nitrogen and oxygen atoms in total. The number of ether oxygens (including phenoxy) is 2. The van der Waals surface area contributed by atoms with Crippen molar-refractivity contribution >= 4 is 19.8 Å². The lowest BCUT2D eigenvalue weighted by Crippen LogP contribution is -2.29. The molecular weight excluding hydrogens is 713 g/mol. The molecule has 0 aliphatic rings. The van der Waals surface area contributed by atoms with E-state index < -0.39 is 32.5 Å². The first kappa shape index (κ1) is 53.2. The second-order valence-electron chi connectivity index (χ2n) is 14.9. The zero-order valence-electron chi connectivity index (χ0n) is 35.4. The number of unbranched alkanes of at least 4 members (excludes halogenated alkanes) is 23. The summed E-state index contributed by atoms with van der Waals surface area (Å²) in [5.74, 6) is -0.883. The van der Waals surface area contributed by atoms with Crippen molar-refractivity contribution in [3.05, 3.63) is 36.5 Å². The fraction of sp³-hybridized carbons (Fsp3) is 0.822. The fourth-order valence-corrected chi connectivity index (χ4v) is 6.90. The second-order valence-corrected chi connectivity index (χ2v) is 16.4. The molecular formula is C45H84NO8P. The van der Waals surface area contributed by atoms with Gasteiger partial charge >= 0.3 is 19.8 Å². The van der Waals surface area contributed by atoms with Gasteiger partial charge in [0.1, 0.15) is 6.61 Å². The molecule has 0 rings (SSSR count). The molecule has 0 aliphatic carbocycles. The van der Waals surface area contributed by atoms with Crippen molar-refractivity contribution in [3.8, 4) is 0 Å². The van der Waals surface area contributed by atoms with Gasteiger partial charge in [-0.3, -0.25) is 18.6 Å². The number of phosphoric acid groups is 1. The maximum atomic E-state index is 12.6. The summed E-state index contributed by atoms with van der Waals surface area (Å²) in [6.07, 6.45) is 46.1. The Morgan fingerprint density at radius 2 is 0.964 bits per heavy atom. The SMILES string of the molecule is CCCCCCCC/C=C/CCCCCCCCCC(=O)O[C@H](COC(=O)CCC/C=C/C/C=C/CCCCCCCCCCC)COP(=O)(O)OCCN. The van der Waals surface area contributed by atoms with Crippen LogP contribution in [0.5, 0.6) is 0 Å². The normalized spacial score (nSPS) is 13.6. The van der Waals surface area contributed by atoms with E-state index in [1.165, 1.54) is 122 Å². The molecule has 0 spiro atoms. The molecule has 0 amide bonds. The molecule has 322 valence electrons. The van der Waals surface area contributed by atoms with E-state index in [1.54, 1.807) is 0 Å². The molecule has 0 aromatic heterocycles. The molecule has 0 saturated carbocycles. The van der Waals surface area contributed by atoms with E-state index in [0.717, 1.165) is 44.9 Å². The molecule has 0 fully saturated rings. The van der Waals surface area contributed by atoms with Crippen LogP contribution >= 0.6 is 7.82 Å². The van der Waals surface area contributed by atoms with Crippen LogP contribution in [0.15, 0.2) is 36.5 Å². The average molecular weight is 798 g/mol. The van der Waals surface area contributed by atoms with Gasteiger partial charge in [-0.25, -0.2) is 4.57 Å². The molecule has 0 aromatic rings. The summed E-state index contributed by atoms with van der Waals surface area (Å²) in [4.78, 5) is 34.9. The highest BCUT2D eigenvalue weighted by Crippen LogP contribution is 2.43. The van der Waals surface area contributed by atoms with Crippen LogP contribution < -0.4 is 5.73 Å². The molecule has 0 bridgehead atoms. The summed E-state index contributed by atoms with van der Waals surface area (Å²) in [6, 6.07) is 0. The topological polar surface area (TPSA) is 134 Å². The zero-order chi connectivity index (χ0) is 40.3. The molecule has 0 saturated heterocycles. The Morgan fingerprint density at radius 1 is 0.545 bits per heavy atom. The minimum absolute atomic E-state index is 0.0475. The van der Waals surface area contributed by atoms with Crippen LogP contribution in [0.3, 0.4) is 0 Å². The Labute approximate surface area is 337 Å². The molecule has 3 N–H and O–H groups in total. The van der Waals surface area contributed by atoms with E-state index in [0.29, 0.717) is 12.8 Å². The van der Waals surface area contributed by atoms with Crippen molar-refractivity contribution in [1.29, 1.82) is 0 Å². The molecule has 0 aliphatic heterocycles. The van der Waals surface area contributed by atoms with Crippen LogP contribution in [0.1, 0.15) is 206 Å². The van der Waals surface area contributed by atoms with E-state index in [-0.39, 0.29) is 32.6 Å². The quantitative estimate of drug-likeness (QED) is 0.0268. The first-order valence-corrected chi connectivity index (χ1v) is 24.0. The summed E-state index contributed by atoms with van der Waals surface area (Å²) in [7, 11) is -4.39. The van der Waals surface area contributed by atoms with E-state index >= 15 is 0 Å². The maximum absolute atomic E-state index is 12.6. The first-order valence-electron chi connectivity index (χ1n) is 22.5. The lowest BCUT2D eigenvalue weighted by atomic mass is 10.1. The van der Waals surface area contributed by atoms with Gasteiger partial charge < -0.3 is 20.1 Å². The third-order valence-corrected chi connectivity index (χ3v) is 10.5. The average Bonchev–Trinajstić information content (AvgIpc) is 3.17. The standard InChI is InChI=1S/C45H84NO8P/c1-3-5-7-9-11-13-15-17-19-21-23-25-27-29-31-33-35-37-44(47)51-41-43(42-53-55(49,50)52-40-39-46)54-45(48)38-36-34-32-30-28-26-24-22-20-18-16-14-12-10-8-6-4-2/h18,20,23,25,29,31,43H,3-17,19,21-22,24,26-28,30,32-42,46H2,1-2H3,(H,49,50)/b20-18+,25-23+,31-29+/t43-/m1/s1. The van der Waals surface area contributed by atoms with E-state index in [1.807, 2.05) is 0 Å². The monoisotopic (exact) mass is 798 g/mol. The number of carbonyl (C=O) groups is 2. The lowest BCUT2D eigenvalue weighted by Gasteiger charge is -2.19. The van der Waals surface area contributed by atoms with Crippen molar-refractivity contribution in [2.75, 3.05) is 26.4 Å². The molecule has 1 unspecified atom stereocenters. The van der Waals surface area contributed by atoms with Crippen molar-refractivity contribution < 1.29 is 37.6 Å². The van der Waals surface area contributed by atoms with Crippen LogP contribution in [0.2, 0.25) is 0 Å². The zero-order valence-corrected chi connectivity index (χ0v) is 36.3. The number of hydrogen-bond acceptors (Lipinski definition) is 8. The van der Waals surface area contributed by atoms with Crippen LogP contribution in [0.4, 0.5) is 0 Å². The largest absolute Gasteiger partial charge is 0.472 e. The molecule has 0 radical (unpaired) electrons. The number of allylic oxidation sites excluding steroid dienone is 6. The van der Waals surface area contributed by atoms with Gasteiger partial charge in [0.15, 0.2) is 6.10 Å². The highest BCUT2D eigenvalue weighted by atomic mass is 31.2. The van der Waals surface area contributed by atoms with Crippen molar-refractivity contribution in [3.63, 3.8) is 0 Å². The van der Waals surface area contributed by atoms with Crippen LogP contribution in [-0.4, -0.2) is 49.3 Å². The van der Waals surface area contributed by atoms with Crippen LogP contribution in [0, 0.1) is 0 Å². The number of hydrogen-bond donors (Lipinski definition) is 2. The van der Waals surface area contributed by atoms with Gasteiger partial charge in [0.25, 0.3) is 0 Å². The molecule has 10 heteroatoms. The summed E-state index contributed by atoms with van der Waals surface area (Å²) in [5.41, 5.74) is 5.35. The van der Waals surface area contributed by atoms with Crippen molar-refractivity contribution in [2.24, 2.45) is 5.73 Å². The van der Waals surface area contributed by atoms with Crippen molar-refractivity contribution in [2.45, 2.75) is 213 Å². The van der Waals surface area contributed by atoms with Crippen molar-refractivity contribution in [1.82, 2.24) is 0 Å². The Hall–Kier alpha value is -1.77. The van der Waals surface area contributed by atoms with Gasteiger partial charge in [-0.1, -0.05) is 166 Å². The molecule has 2 atom stereocenters. The van der Waals surface area contributed by atoms with Gasteiger partial charge in [-0.05, 0) is 64.2 Å². The Kier molecular flexibility index (Phi) is 40.5. The summed E-state index contributed by atoms with van der Waals surface area (Å²) >= 11 is 0. The predicted molar refractivity (Wildman–Crippen MR) is 229 cm³/mol. The number of esters is 2. The molecule has 0 aromatic carbocycles. The van der Waals surface area contributed by atoms with E-state index in [2.05, 4.69) is 50.3 Å².